The maximum atomic E-state index is 11.3. The molecule has 0 saturated carbocycles. The highest BCUT2D eigenvalue weighted by molar-refractivity contribution is 5.83. The maximum Gasteiger partial charge on any atom is 0.332 e. The Labute approximate surface area is 111 Å². The number of nitrogens with one attached hydrogen (secondary N) is 1. The fraction of sp³-hybridized carbons (Fsp3) is 0.286. The van der Waals surface area contributed by atoms with Crippen molar-refractivity contribution in [2.75, 3.05) is 11.9 Å². The first-order valence-electron chi connectivity index (χ1n) is 5.94. The summed E-state index contributed by atoms with van der Waals surface area (Å²) >= 11 is 0. The summed E-state index contributed by atoms with van der Waals surface area (Å²) in [7, 11) is 0. The molecule has 19 heavy (non-hydrogen) atoms. The molecule has 0 radical (unpaired) electrons. The van der Waals surface area contributed by atoms with Crippen LogP contribution in [0.15, 0.2) is 36.0 Å². The third-order valence-corrected chi connectivity index (χ3v) is 2.31. The number of carboxylic acid groups (broad SMARTS) is 1. The largest absolute Gasteiger partial charge is 0.481 e. The van der Waals surface area contributed by atoms with Gasteiger partial charge in [0.15, 0.2) is 0 Å². The van der Waals surface area contributed by atoms with E-state index >= 15 is 0 Å². The van der Waals surface area contributed by atoms with Crippen LogP contribution in [0.5, 0.6) is 0 Å². The Morgan fingerprint density at radius 3 is 2.68 bits per heavy atom. The number of carbonyl (C=O) groups excluding carboxylic acids is 1. The summed E-state index contributed by atoms with van der Waals surface area (Å²) in [6.45, 7) is 3.77. The van der Waals surface area contributed by atoms with Gasteiger partial charge in [0.2, 0.25) is 0 Å². The van der Waals surface area contributed by atoms with Crippen LogP contribution in [0.2, 0.25) is 0 Å². The number of anilines is 1. The highest BCUT2D eigenvalue weighted by Crippen LogP contribution is 2.17. The van der Waals surface area contributed by atoms with Crippen molar-refractivity contribution in [1.29, 1.82) is 0 Å². The molecule has 0 saturated heterocycles. The fourth-order valence-electron chi connectivity index (χ4n) is 1.57. The lowest BCUT2D eigenvalue weighted by Crippen LogP contribution is -2.07. The molecule has 0 fully saturated rings. The van der Waals surface area contributed by atoms with E-state index in [-0.39, 0.29) is 6.42 Å². The molecule has 0 unspecified atom stereocenters. The summed E-state index contributed by atoms with van der Waals surface area (Å²) in [5.74, 6) is -1.33. The molecule has 5 heteroatoms. The van der Waals surface area contributed by atoms with Gasteiger partial charge >= 0.3 is 11.9 Å². The van der Waals surface area contributed by atoms with Crippen molar-refractivity contribution >= 4 is 17.6 Å². The van der Waals surface area contributed by atoms with Gasteiger partial charge in [0.1, 0.15) is 0 Å². The first-order valence-corrected chi connectivity index (χ1v) is 5.94. The zero-order valence-electron chi connectivity index (χ0n) is 11.0. The molecule has 0 aliphatic heterocycles. The predicted molar refractivity (Wildman–Crippen MR) is 71.8 cm³/mol. The number of rotatable bonds is 6. The van der Waals surface area contributed by atoms with Crippen LogP contribution >= 0.6 is 0 Å². The zero-order valence-corrected chi connectivity index (χ0v) is 11.0. The van der Waals surface area contributed by atoms with Crippen molar-refractivity contribution in [1.82, 2.24) is 0 Å². The molecule has 5 nitrogen and oxygen atoms in total. The van der Waals surface area contributed by atoms with Crippen molar-refractivity contribution in [2.24, 2.45) is 0 Å². The lowest BCUT2D eigenvalue weighted by Gasteiger charge is -2.10. The number of hydrogen-bond acceptors (Lipinski definition) is 4. The molecule has 0 atom stereocenters. The minimum Gasteiger partial charge on any atom is -0.481 e. The van der Waals surface area contributed by atoms with E-state index in [0.717, 1.165) is 0 Å². The maximum absolute atomic E-state index is 11.3. The summed E-state index contributed by atoms with van der Waals surface area (Å²) in [6, 6.07) is 7.06. The zero-order chi connectivity index (χ0) is 14.3. The summed E-state index contributed by atoms with van der Waals surface area (Å²) in [4.78, 5) is 22.0. The van der Waals surface area contributed by atoms with Gasteiger partial charge in [-0.1, -0.05) is 18.2 Å². The van der Waals surface area contributed by atoms with Crippen molar-refractivity contribution in [3.8, 4) is 0 Å². The molecule has 0 aliphatic carbocycles. The second-order valence-corrected chi connectivity index (χ2v) is 3.93. The van der Waals surface area contributed by atoms with Crippen LogP contribution in [0.25, 0.3) is 0 Å². The van der Waals surface area contributed by atoms with E-state index in [2.05, 4.69) is 5.32 Å². The van der Waals surface area contributed by atoms with Crippen LogP contribution in [0.1, 0.15) is 19.4 Å². The molecule has 102 valence electrons. The Morgan fingerprint density at radius 1 is 1.37 bits per heavy atom. The standard InChI is InChI=1S/C14H17NO4/c1-3-19-14(18)8-10(2)15-12-7-5-4-6-11(12)9-13(16)17/h4-8,15H,3,9H2,1-2H3,(H,16,17). The summed E-state index contributed by atoms with van der Waals surface area (Å²) in [6.07, 6.45) is 1.26. The van der Waals surface area contributed by atoms with Gasteiger partial charge in [0.05, 0.1) is 13.0 Å². The third-order valence-electron chi connectivity index (χ3n) is 2.31. The number of carboxylic acids is 1. The molecule has 0 aromatic heterocycles. The van der Waals surface area contributed by atoms with E-state index in [1.807, 2.05) is 0 Å². The van der Waals surface area contributed by atoms with E-state index in [1.165, 1.54) is 6.08 Å². The molecule has 1 aromatic rings. The van der Waals surface area contributed by atoms with Gasteiger partial charge in [-0.3, -0.25) is 4.79 Å². The molecule has 2 N–H and O–H groups in total. The lowest BCUT2D eigenvalue weighted by molar-refractivity contribution is -0.137. The average Bonchev–Trinajstić information content (AvgIpc) is 2.31. The molecule has 0 aliphatic rings. The van der Waals surface area contributed by atoms with Crippen molar-refractivity contribution < 1.29 is 19.4 Å². The Bertz CT molecular complexity index is 494. The second-order valence-electron chi connectivity index (χ2n) is 3.93. The fourth-order valence-corrected chi connectivity index (χ4v) is 1.57. The molecule has 1 aromatic carbocycles. The lowest BCUT2D eigenvalue weighted by atomic mass is 10.1. The molecule has 1 rings (SSSR count). The molecular formula is C14H17NO4. The van der Waals surface area contributed by atoms with Crippen molar-refractivity contribution in [2.45, 2.75) is 20.3 Å². The van der Waals surface area contributed by atoms with Gasteiger partial charge in [-0.15, -0.1) is 0 Å². The van der Waals surface area contributed by atoms with Crippen molar-refractivity contribution in [3.63, 3.8) is 0 Å². The first kappa shape index (κ1) is 14.8. The van der Waals surface area contributed by atoms with Gasteiger partial charge in [0, 0.05) is 17.5 Å². The number of carbonyl (C=O) groups is 2. The Kier molecular flexibility index (Phi) is 5.60. The minimum absolute atomic E-state index is 0.0736. The van der Waals surface area contributed by atoms with E-state index in [9.17, 15) is 9.59 Å². The topological polar surface area (TPSA) is 75.6 Å². The summed E-state index contributed by atoms with van der Waals surface area (Å²) in [5.41, 5.74) is 1.92. The SMILES string of the molecule is CCOC(=O)C=C(C)Nc1ccccc1CC(=O)O. The van der Waals surface area contributed by atoms with E-state index in [4.69, 9.17) is 9.84 Å². The second kappa shape index (κ2) is 7.20. The van der Waals surface area contributed by atoms with Gasteiger partial charge in [-0.2, -0.15) is 0 Å². The van der Waals surface area contributed by atoms with Gasteiger partial charge in [0.25, 0.3) is 0 Å². The monoisotopic (exact) mass is 263 g/mol. The number of hydrogen-bond donors (Lipinski definition) is 2. The number of ether oxygens (including phenoxy) is 1. The van der Waals surface area contributed by atoms with Crippen LogP contribution in [0, 0.1) is 0 Å². The van der Waals surface area contributed by atoms with E-state index in [0.29, 0.717) is 23.6 Å². The number of esters is 1. The first-order chi connectivity index (χ1) is 9.02. The number of allylic oxidation sites excluding steroid dienone is 1. The number of para-hydroxylation sites is 1. The van der Waals surface area contributed by atoms with Gasteiger partial charge in [-0.25, -0.2) is 4.79 Å². The Balaban J connectivity index is 2.81. The van der Waals surface area contributed by atoms with Crippen LogP contribution in [-0.4, -0.2) is 23.7 Å². The van der Waals surface area contributed by atoms with Crippen LogP contribution in [0.3, 0.4) is 0 Å². The van der Waals surface area contributed by atoms with Gasteiger partial charge in [-0.05, 0) is 25.5 Å². The minimum atomic E-state index is -0.902. The van der Waals surface area contributed by atoms with Crippen LogP contribution < -0.4 is 5.32 Å². The van der Waals surface area contributed by atoms with Crippen LogP contribution in [-0.2, 0) is 20.7 Å². The highest BCUT2D eigenvalue weighted by Gasteiger charge is 2.06. The van der Waals surface area contributed by atoms with E-state index in [1.54, 1.807) is 38.1 Å². The van der Waals surface area contributed by atoms with Gasteiger partial charge < -0.3 is 15.2 Å². The smallest absolute Gasteiger partial charge is 0.332 e. The van der Waals surface area contributed by atoms with Crippen LogP contribution in [0.4, 0.5) is 5.69 Å². The molecule has 0 spiro atoms. The average molecular weight is 263 g/mol. The molecule has 0 bridgehead atoms. The Morgan fingerprint density at radius 2 is 2.05 bits per heavy atom. The molecule has 0 amide bonds. The molecule has 0 heterocycles. The number of aliphatic carboxylic acids is 1. The van der Waals surface area contributed by atoms with Crippen molar-refractivity contribution in [3.05, 3.63) is 41.6 Å². The number of benzene rings is 1. The third kappa shape index (κ3) is 5.25. The molecular weight excluding hydrogens is 246 g/mol. The normalized spacial score (nSPS) is 10.9. The summed E-state index contributed by atoms with van der Waals surface area (Å²) in [5, 5.41) is 11.8. The summed E-state index contributed by atoms with van der Waals surface area (Å²) < 4.78 is 4.80. The Hall–Kier alpha value is -2.30. The van der Waals surface area contributed by atoms with E-state index < -0.39 is 11.9 Å². The predicted octanol–water partition coefficient (Wildman–Crippen LogP) is 2.19. The quantitative estimate of drug-likeness (QED) is 0.608. The highest BCUT2D eigenvalue weighted by atomic mass is 16.5.